The predicted octanol–water partition coefficient (Wildman–Crippen LogP) is 0.638. The maximum atomic E-state index is 13.0. The Bertz CT molecular complexity index is 965. The zero-order chi connectivity index (χ0) is 21.5. The Morgan fingerprint density at radius 1 is 1.30 bits per heavy atom. The Kier molecular flexibility index (Phi) is 5.69. The standard InChI is InChI=1S/C19H26N4O6S/c1-3-4-14-15-11-22(12-17(15)23(18(14)24)30(2,26)27)19(25)16-9-13(29-20-16)10-21-5-7-28-8-6-21/h9,12,14-15H,3-8,10-11H2,1-2H3/t14-,15-/m1/s1. The summed E-state index contributed by atoms with van der Waals surface area (Å²) < 4.78 is 35.9. The summed E-state index contributed by atoms with van der Waals surface area (Å²) >= 11 is 0. The van der Waals surface area contributed by atoms with Crippen molar-refractivity contribution >= 4 is 21.8 Å². The Morgan fingerprint density at radius 2 is 2.03 bits per heavy atom. The maximum Gasteiger partial charge on any atom is 0.280 e. The first-order valence-electron chi connectivity index (χ1n) is 10.1. The van der Waals surface area contributed by atoms with E-state index in [0.29, 0.717) is 37.6 Å². The molecule has 3 aliphatic rings. The summed E-state index contributed by atoms with van der Waals surface area (Å²) in [5.41, 5.74) is 0.533. The van der Waals surface area contributed by atoms with Gasteiger partial charge >= 0.3 is 0 Å². The van der Waals surface area contributed by atoms with E-state index in [-0.39, 0.29) is 24.1 Å². The second-order valence-corrected chi connectivity index (χ2v) is 9.78. The minimum atomic E-state index is -3.76. The van der Waals surface area contributed by atoms with Gasteiger partial charge in [-0.25, -0.2) is 12.7 Å². The molecule has 0 unspecified atom stereocenters. The molecule has 1 aromatic heterocycles. The molecule has 2 atom stereocenters. The van der Waals surface area contributed by atoms with Crippen LogP contribution in [0.15, 0.2) is 22.5 Å². The van der Waals surface area contributed by atoms with Crippen LogP contribution >= 0.6 is 0 Å². The Morgan fingerprint density at radius 3 is 2.70 bits per heavy atom. The first-order chi connectivity index (χ1) is 14.3. The van der Waals surface area contributed by atoms with Gasteiger partial charge in [0.1, 0.15) is 0 Å². The highest BCUT2D eigenvalue weighted by Crippen LogP contribution is 2.42. The summed E-state index contributed by atoms with van der Waals surface area (Å²) in [5, 5.41) is 3.91. The van der Waals surface area contributed by atoms with E-state index in [4.69, 9.17) is 9.26 Å². The SMILES string of the molecule is CCC[C@H]1C(=O)N(S(C)(=O)=O)C2=CN(C(=O)c3cc(CN4CCOCC4)on3)C[C@@H]21. The molecule has 2 saturated heterocycles. The van der Waals surface area contributed by atoms with Gasteiger partial charge in [-0.1, -0.05) is 18.5 Å². The number of hydrogen-bond acceptors (Lipinski definition) is 8. The van der Waals surface area contributed by atoms with Crippen LogP contribution in [-0.4, -0.2) is 78.6 Å². The van der Waals surface area contributed by atoms with Gasteiger partial charge in [-0.15, -0.1) is 0 Å². The molecule has 1 aromatic rings. The number of nitrogens with zero attached hydrogens (tertiary/aromatic N) is 4. The van der Waals surface area contributed by atoms with Crippen LogP contribution < -0.4 is 0 Å². The minimum Gasteiger partial charge on any atom is -0.379 e. The highest BCUT2D eigenvalue weighted by Gasteiger charge is 2.51. The molecule has 0 bridgehead atoms. The van der Waals surface area contributed by atoms with Gasteiger partial charge in [0.15, 0.2) is 11.5 Å². The number of sulfonamides is 1. The van der Waals surface area contributed by atoms with Gasteiger partial charge in [0.2, 0.25) is 15.9 Å². The monoisotopic (exact) mass is 438 g/mol. The van der Waals surface area contributed by atoms with Crippen LogP contribution in [0.1, 0.15) is 36.0 Å². The van der Waals surface area contributed by atoms with E-state index in [2.05, 4.69) is 10.1 Å². The van der Waals surface area contributed by atoms with Gasteiger partial charge < -0.3 is 14.2 Å². The number of rotatable bonds is 6. The molecular formula is C19H26N4O6S. The van der Waals surface area contributed by atoms with E-state index in [0.717, 1.165) is 30.1 Å². The van der Waals surface area contributed by atoms with Gasteiger partial charge in [0.05, 0.1) is 31.7 Å². The molecule has 0 aliphatic carbocycles. The molecule has 30 heavy (non-hydrogen) atoms. The summed E-state index contributed by atoms with van der Waals surface area (Å²) in [5.74, 6) is -0.954. The molecule has 0 N–H and O–H groups in total. The summed E-state index contributed by atoms with van der Waals surface area (Å²) in [4.78, 5) is 29.2. The third-order valence-corrected chi connectivity index (χ3v) is 6.81. The molecular weight excluding hydrogens is 412 g/mol. The summed E-state index contributed by atoms with van der Waals surface area (Å²) in [7, 11) is -3.76. The normalized spacial score (nSPS) is 25.0. The number of carbonyl (C=O) groups is 2. The lowest BCUT2D eigenvalue weighted by atomic mass is 9.91. The van der Waals surface area contributed by atoms with Crippen LogP contribution in [-0.2, 0) is 26.1 Å². The molecule has 4 heterocycles. The second-order valence-electron chi connectivity index (χ2n) is 7.95. The Labute approximate surface area is 175 Å². The Hall–Kier alpha value is -2.24. The van der Waals surface area contributed by atoms with Gasteiger partial charge in [-0.2, -0.15) is 0 Å². The predicted molar refractivity (Wildman–Crippen MR) is 105 cm³/mol. The number of hydrogen-bond donors (Lipinski definition) is 0. The zero-order valence-corrected chi connectivity index (χ0v) is 17.9. The van der Waals surface area contributed by atoms with Gasteiger partial charge in [0, 0.05) is 43.7 Å². The fourth-order valence-corrected chi connectivity index (χ4v) is 5.37. The average molecular weight is 439 g/mol. The van der Waals surface area contributed by atoms with Crippen LogP contribution in [0.25, 0.3) is 0 Å². The summed E-state index contributed by atoms with van der Waals surface area (Å²) in [6, 6.07) is 1.62. The second kappa shape index (κ2) is 8.12. The van der Waals surface area contributed by atoms with Crippen molar-refractivity contribution in [3.05, 3.63) is 29.4 Å². The van der Waals surface area contributed by atoms with Crippen molar-refractivity contribution in [2.75, 3.05) is 39.1 Å². The average Bonchev–Trinajstić information content (AvgIpc) is 3.38. The first kappa shape index (κ1) is 21.0. The molecule has 2 fully saturated rings. The number of amides is 2. The van der Waals surface area contributed by atoms with Crippen LogP contribution in [0.2, 0.25) is 0 Å². The quantitative estimate of drug-likeness (QED) is 0.636. The van der Waals surface area contributed by atoms with Gasteiger partial charge in [-0.3, -0.25) is 14.5 Å². The molecule has 4 rings (SSSR count). The van der Waals surface area contributed by atoms with Crippen LogP contribution in [0.5, 0.6) is 0 Å². The molecule has 164 valence electrons. The lowest BCUT2D eigenvalue weighted by Crippen LogP contribution is -2.35. The highest BCUT2D eigenvalue weighted by atomic mass is 32.2. The third kappa shape index (κ3) is 3.88. The number of morpholine rings is 1. The van der Waals surface area contributed by atoms with E-state index in [9.17, 15) is 18.0 Å². The highest BCUT2D eigenvalue weighted by molar-refractivity contribution is 7.89. The number of aromatic nitrogens is 1. The maximum absolute atomic E-state index is 13.0. The first-order valence-corrected chi connectivity index (χ1v) is 12.0. The molecule has 0 aromatic carbocycles. The molecule has 10 nitrogen and oxygen atoms in total. The largest absolute Gasteiger partial charge is 0.379 e. The minimum absolute atomic E-state index is 0.166. The van der Waals surface area contributed by atoms with Crippen molar-refractivity contribution < 1.29 is 27.3 Å². The van der Waals surface area contributed by atoms with Crippen molar-refractivity contribution in [3.8, 4) is 0 Å². The molecule has 0 radical (unpaired) electrons. The van der Waals surface area contributed by atoms with Crippen molar-refractivity contribution in [3.63, 3.8) is 0 Å². The zero-order valence-electron chi connectivity index (χ0n) is 17.1. The lowest BCUT2D eigenvalue weighted by Gasteiger charge is -2.25. The van der Waals surface area contributed by atoms with Crippen LogP contribution in [0, 0.1) is 11.8 Å². The van der Waals surface area contributed by atoms with Crippen LogP contribution in [0.4, 0.5) is 0 Å². The number of carbonyl (C=O) groups excluding carboxylic acids is 2. The smallest absolute Gasteiger partial charge is 0.280 e. The third-order valence-electron chi connectivity index (χ3n) is 5.75. The van der Waals surface area contributed by atoms with Gasteiger partial charge in [0.25, 0.3) is 5.91 Å². The fraction of sp³-hybridized carbons (Fsp3) is 0.632. The fourth-order valence-electron chi connectivity index (χ4n) is 4.35. The molecule has 11 heteroatoms. The lowest BCUT2D eigenvalue weighted by molar-refractivity contribution is -0.127. The van der Waals surface area contributed by atoms with Gasteiger partial charge in [-0.05, 0) is 6.42 Å². The van der Waals surface area contributed by atoms with Crippen molar-refractivity contribution in [1.82, 2.24) is 19.3 Å². The van der Waals surface area contributed by atoms with Crippen molar-refractivity contribution in [2.45, 2.75) is 26.3 Å². The van der Waals surface area contributed by atoms with E-state index in [1.54, 1.807) is 6.07 Å². The molecule has 2 amide bonds. The summed E-state index contributed by atoms with van der Waals surface area (Å²) in [6.07, 6.45) is 3.80. The molecule has 3 aliphatic heterocycles. The number of fused-ring (bicyclic) bond motifs is 1. The van der Waals surface area contributed by atoms with E-state index in [1.165, 1.54) is 11.1 Å². The Balaban J connectivity index is 1.51. The topological polar surface area (TPSA) is 113 Å². The van der Waals surface area contributed by atoms with E-state index in [1.807, 2.05) is 6.92 Å². The van der Waals surface area contributed by atoms with E-state index >= 15 is 0 Å². The van der Waals surface area contributed by atoms with Crippen LogP contribution in [0.3, 0.4) is 0 Å². The van der Waals surface area contributed by atoms with Crippen molar-refractivity contribution in [2.24, 2.45) is 11.8 Å². The van der Waals surface area contributed by atoms with Crippen molar-refractivity contribution in [1.29, 1.82) is 0 Å². The molecule has 0 spiro atoms. The molecule has 0 saturated carbocycles. The van der Waals surface area contributed by atoms with E-state index < -0.39 is 21.8 Å². The number of ether oxygens (including phenoxy) is 1. The summed E-state index contributed by atoms with van der Waals surface area (Å²) in [6.45, 7) is 5.65.